The summed E-state index contributed by atoms with van der Waals surface area (Å²) in [6.45, 7) is -0.00759. The molecule has 0 amide bonds. The Morgan fingerprint density at radius 1 is 1.13 bits per heavy atom. The van der Waals surface area contributed by atoms with Gasteiger partial charge in [-0.25, -0.2) is 19.0 Å². The number of aliphatic hydroxyl groups is 1. The van der Waals surface area contributed by atoms with Crippen LogP contribution >= 0.6 is 0 Å². The Bertz CT molecular complexity index is 1580. The quantitative estimate of drug-likeness (QED) is 0.362. The molecule has 3 heterocycles. The number of nitrogens with zero attached hydrogens (tertiary/aromatic N) is 2. The van der Waals surface area contributed by atoms with Crippen molar-refractivity contribution in [3.8, 4) is 0 Å². The molecule has 5 aromatic rings. The highest BCUT2D eigenvalue weighted by Gasteiger charge is 2.19. The summed E-state index contributed by atoms with van der Waals surface area (Å²) in [5.74, 6) is 0.248. The first-order valence-electron chi connectivity index (χ1n) is 9.10. The largest absolute Gasteiger partial charge is 0.499 e. The zero-order valence-corrected chi connectivity index (χ0v) is 15.4. The van der Waals surface area contributed by atoms with Gasteiger partial charge in [-0.05, 0) is 36.4 Å². The predicted octanol–water partition coefficient (Wildman–Crippen LogP) is 4.21. The Kier molecular flexibility index (Phi) is 3.98. The van der Waals surface area contributed by atoms with Crippen molar-refractivity contribution in [2.45, 2.75) is 6.54 Å². The number of benzene rings is 2. The Hall–Kier alpha value is -4.22. The Morgan fingerprint density at radius 3 is 2.77 bits per heavy atom. The van der Waals surface area contributed by atoms with Crippen LogP contribution in [0, 0.1) is 5.82 Å². The van der Waals surface area contributed by atoms with Gasteiger partial charge < -0.3 is 14.1 Å². The summed E-state index contributed by atoms with van der Waals surface area (Å²) in [4.78, 5) is 27.8. The van der Waals surface area contributed by atoms with E-state index in [0.29, 0.717) is 10.8 Å². The zero-order valence-electron chi connectivity index (χ0n) is 15.4. The average molecular weight is 400 g/mol. The molecule has 30 heavy (non-hydrogen) atoms. The van der Waals surface area contributed by atoms with Crippen molar-refractivity contribution in [1.82, 2.24) is 9.55 Å². The van der Waals surface area contributed by atoms with Crippen LogP contribution in [0.25, 0.3) is 38.7 Å². The number of pyridine rings is 1. The number of para-hydroxylation sites is 1. The summed E-state index contributed by atoms with van der Waals surface area (Å²) >= 11 is 0. The van der Waals surface area contributed by atoms with Gasteiger partial charge in [0.25, 0.3) is 0 Å². The fraction of sp³-hybridized carbons (Fsp3) is 0.0435. The smallest absolute Gasteiger partial charge is 0.362 e. The lowest BCUT2D eigenvalue weighted by atomic mass is 10.1. The van der Waals surface area contributed by atoms with E-state index in [1.807, 2.05) is 30.3 Å². The summed E-state index contributed by atoms with van der Waals surface area (Å²) in [5, 5.41) is 11.8. The molecule has 0 aliphatic carbocycles. The molecule has 0 fully saturated rings. The molecule has 5 rings (SSSR count). The molecule has 0 bridgehead atoms. The third-order valence-corrected chi connectivity index (χ3v) is 5.14. The maximum absolute atomic E-state index is 14.6. The van der Waals surface area contributed by atoms with Crippen LogP contribution in [0.3, 0.4) is 0 Å². The van der Waals surface area contributed by atoms with E-state index >= 15 is 0 Å². The van der Waals surface area contributed by atoms with Gasteiger partial charge in [-0.15, -0.1) is 0 Å². The molecule has 3 aromatic heterocycles. The lowest BCUT2D eigenvalue weighted by Gasteiger charge is -2.09. The van der Waals surface area contributed by atoms with E-state index in [9.17, 15) is 19.1 Å². The van der Waals surface area contributed by atoms with Crippen LogP contribution in [0.4, 0.5) is 4.39 Å². The van der Waals surface area contributed by atoms with E-state index in [0.717, 1.165) is 17.0 Å². The van der Waals surface area contributed by atoms with E-state index in [-0.39, 0.29) is 28.9 Å². The van der Waals surface area contributed by atoms with Crippen LogP contribution in [-0.2, 0) is 11.3 Å². The van der Waals surface area contributed by atoms with Gasteiger partial charge in [-0.2, -0.15) is 0 Å². The van der Waals surface area contributed by atoms with Gasteiger partial charge in [-0.3, -0.25) is 0 Å². The molecule has 0 spiro atoms. The predicted molar refractivity (Wildman–Crippen MR) is 111 cm³/mol. The molecule has 0 atom stereocenters. The highest BCUT2D eigenvalue weighted by Crippen LogP contribution is 2.33. The Labute approximate surface area is 168 Å². The number of halogens is 1. The van der Waals surface area contributed by atoms with Crippen molar-refractivity contribution in [1.29, 1.82) is 0 Å². The van der Waals surface area contributed by atoms with E-state index in [1.54, 1.807) is 16.8 Å². The average Bonchev–Trinajstić information content (AvgIpc) is 3.10. The molecule has 2 aromatic carbocycles. The Morgan fingerprint density at radius 2 is 1.93 bits per heavy atom. The summed E-state index contributed by atoms with van der Waals surface area (Å²) in [5.41, 5.74) is 0.992. The number of hydrogen-bond donors (Lipinski definition) is 1. The van der Waals surface area contributed by atoms with Crippen molar-refractivity contribution < 1.29 is 18.7 Å². The molecule has 0 aliphatic heterocycles. The number of hydrogen-bond acceptors (Lipinski definition) is 5. The van der Waals surface area contributed by atoms with Gasteiger partial charge in [0.15, 0.2) is 5.94 Å². The van der Waals surface area contributed by atoms with Crippen LogP contribution in [0.2, 0.25) is 0 Å². The molecule has 1 N–H and O–H groups in total. The summed E-state index contributed by atoms with van der Waals surface area (Å²) in [6, 6.07) is 14.8. The topological polar surface area (TPSA) is 85.3 Å². The second kappa shape index (κ2) is 6.69. The minimum Gasteiger partial charge on any atom is -0.499 e. The van der Waals surface area contributed by atoms with E-state index in [4.69, 9.17) is 4.42 Å². The SMILES string of the molecule is O=C=C(O)c1ccc(F)c(Cn2c3ccccc3c3c4cccnc4oc(=O)c32)c1. The van der Waals surface area contributed by atoms with Crippen LogP contribution in [0.15, 0.2) is 70.0 Å². The van der Waals surface area contributed by atoms with Gasteiger partial charge in [0.05, 0.1) is 6.54 Å². The maximum atomic E-state index is 14.6. The number of carbonyl (C=O) groups excluding carboxylic acids is 1. The highest BCUT2D eigenvalue weighted by molar-refractivity contribution is 6.18. The third-order valence-electron chi connectivity index (χ3n) is 5.14. The standard InChI is InChI=1S/C23H13FN2O4/c24-17-8-7-13(19(28)12-27)10-14(17)11-26-18-6-2-1-4-15(18)20-16-5-3-9-25-22(16)30-23(29)21(20)26/h1-10,28H,11H2. The Balaban J connectivity index is 1.85. The van der Waals surface area contributed by atoms with Crippen molar-refractivity contribution in [3.05, 3.63) is 88.2 Å². The van der Waals surface area contributed by atoms with Gasteiger partial charge in [-0.1, -0.05) is 18.2 Å². The van der Waals surface area contributed by atoms with Crippen molar-refractivity contribution in [2.24, 2.45) is 0 Å². The van der Waals surface area contributed by atoms with Gasteiger partial charge in [0.1, 0.15) is 11.3 Å². The second-order valence-electron chi connectivity index (χ2n) is 6.83. The molecular weight excluding hydrogens is 387 g/mol. The minimum atomic E-state index is -0.616. The monoisotopic (exact) mass is 400 g/mol. The lowest BCUT2D eigenvalue weighted by molar-refractivity contribution is 0.502. The van der Waals surface area contributed by atoms with E-state index in [1.165, 1.54) is 18.1 Å². The molecule has 0 saturated carbocycles. The first kappa shape index (κ1) is 17.8. The summed E-state index contributed by atoms with van der Waals surface area (Å²) in [7, 11) is 0. The number of fused-ring (bicyclic) bond motifs is 5. The fourth-order valence-corrected chi connectivity index (χ4v) is 3.82. The molecule has 146 valence electrons. The first-order valence-corrected chi connectivity index (χ1v) is 9.10. The highest BCUT2D eigenvalue weighted by atomic mass is 19.1. The van der Waals surface area contributed by atoms with Crippen molar-refractivity contribution in [2.75, 3.05) is 0 Å². The second-order valence-corrected chi connectivity index (χ2v) is 6.83. The lowest BCUT2D eigenvalue weighted by Crippen LogP contribution is -2.10. The normalized spacial score (nSPS) is 11.2. The molecule has 7 heteroatoms. The molecule has 0 unspecified atom stereocenters. The van der Waals surface area contributed by atoms with Crippen molar-refractivity contribution >= 4 is 44.6 Å². The van der Waals surface area contributed by atoms with E-state index < -0.39 is 17.2 Å². The van der Waals surface area contributed by atoms with Crippen LogP contribution in [-0.4, -0.2) is 20.6 Å². The minimum absolute atomic E-state index is 0.00759. The number of rotatable bonds is 3. The molecule has 0 aliphatic rings. The summed E-state index contributed by atoms with van der Waals surface area (Å²) < 4.78 is 21.7. The fourth-order valence-electron chi connectivity index (χ4n) is 3.82. The van der Waals surface area contributed by atoms with Crippen molar-refractivity contribution in [3.63, 3.8) is 0 Å². The van der Waals surface area contributed by atoms with Gasteiger partial charge in [0, 0.05) is 39.0 Å². The third kappa shape index (κ3) is 2.61. The molecule has 6 nitrogen and oxygen atoms in total. The first-order chi connectivity index (χ1) is 14.6. The molecule has 0 radical (unpaired) electrons. The van der Waals surface area contributed by atoms with E-state index in [2.05, 4.69) is 4.98 Å². The maximum Gasteiger partial charge on any atom is 0.362 e. The van der Waals surface area contributed by atoms with Crippen LogP contribution in [0.1, 0.15) is 11.1 Å². The summed E-state index contributed by atoms with van der Waals surface area (Å²) in [6.07, 6.45) is 1.55. The molecular formula is C23H13FN2O4. The number of aliphatic hydroxyl groups excluding tert-OH is 1. The van der Waals surface area contributed by atoms with Gasteiger partial charge >= 0.3 is 5.63 Å². The molecule has 0 saturated heterocycles. The zero-order chi connectivity index (χ0) is 20.8. The van der Waals surface area contributed by atoms with Crippen LogP contribution < -0.4 is 5.63 Å². The van der Waals surface area contributed by atoms with Crippen LogP contribution in [0.5, 0.6) is 0 Å². The number of aromatic nitrogens is 2. The van der Waals surface area contributed by atoms with Gasteiger partial charge in [0.2, 0.25) is 11.5 Å².